The number of aromatic nitrogens is 5. The molecule has 0 aliphatic rings. The zero-order valence-electron chi connectivity index (χ0n) is 21.2. The summed E-state index contributed by atoms with van der Waals surface area (Å²) in [5.74, 6) is 2.67. The average Bonchev–Trinajstić information content (AvgIpc) is 3.51. The molecule has 35 heavy (non-hydrogen) atoms. The minimum Gasteiger partial charge on any atom is -0.497 e. The van der Waals surface area contributed by atoms with Gasteiger partial charge in [-0.1, -0.05) is 38.5 Å². The Morgan fingerprint density at radius 3 is 2.11 bits per heavy atom. The molecule has 7 nitrogen and oxygen atoms in total. The Bertz CT molecular complexity index is 1180. The molecule has 0 fully saturated rings. The van der Waals surface area contributed by atoms with Gasteiger partial charge in [-0.15, -0.1) is 5.10 Å². The highest BCUT2D eigenvalue weighted by Gasteiger charge is 2.16. The zero-order chi connectivity index (χ0) is 24.5. The number of aromatic amines is 1. The molecule has 0 atom stereocenters. The van der Waals surface area contributed by atoms with Crippen molar-refractivity contribution in [3.63, 3.8) is 0 Å². The largest absolute Gasteiger partial charge is 0.497 e. The van der Waals surface area contributed by atoms with E-state index < -0.39 is 0 Å². The average molecular weight is 476 g/mol. The molecule has 0 amide bonds. The van der Waals surface area contributed by atoms with Gasteiger partial charge in [-0.2, -0.15) is 0 Å². The highest BCUT2D eigenvalue weighted by Crippen LogP contribution is 2.36. The first-order valence-electron chi connectivity index (χ1n) is 12.7. The number of methoxy groups -OCH3 is 2. The van der Waals surface area contributed by atoms with E-state index in [-0.39, 0.29) is 0 Å². The second kappa shape index (κ2) is 12.4. The smallest absolute Gasteiger partial charge is 0.148 e. The Morgan fingerprint density at radius 2 is 1.46 bits per heavy atom. The number of H-pyrrole nitrogens is 1. The molecule has 0 saturated carbocycles. The number of nitrogens with one attached hydrogen (secondary N) is 1. The molecular weight excluding hydrogens is 438 g/mol. The van der Waals surface area contributed by atoms with E-state index in [1.165, 1.54) is 72.7 Å². The molecule has 2 aromatic carbocycles. The summed E-state index contributed by atoms with van der Waals surface area (Å²) in [6.45, 7) is 3.24. The van der Waals surface area contributed by atoms with E-state index >= 15 is 0 Å². The predicted octanol–water partition coefficient (Wildman–Crippen LogP) is 6.51. The second-order valence-electron chi connectivity index (χ2n) is 9.16. The zero-order valence-corrected chi connectivity index (χ0v) is 21.2. The lowest BCUT2D eigenvalue weighted by Crippen LogP contribution is -2.01. The summed E-state index contributed by atoms with van der Waals surface area (Å²) in [5, 5.41) is 15.3. The van der Waals surface area contributed by atoms with Crippen LogP contribution in [0, 0.1) is 6.92 Å². The summed E-state index contributed by atoms with van der Waals surface area (Å²) in [6, 6.07) is 14.8. The number of tetrazole rings is 1. The van der Waals surface area contributed by atoms with E-state index in [9.17, 15) is 0 Å². The maximum atomic E-state index is 5.51. The Morgan fingerprint density at radius 1 is 0.800 bits per heavy atom. The molecule has 2 aromatic heterocycles. The van der Waals surface area contributed by atoms with Gasteiger partial charge in [-0.05, 0) is 83.8 Å². The molecule has 0 radical (unpaired) electrons. The van der Waals surface area contributed by atoms with Crippen LogP contribution in [0.15, 0.2) is 42.5 Å². The van der Waals surface area contributed by atoms with Crippen molar-refractivity contribution in [2.24, 2.45) is 0 Å². The minimum atomic E-state index is 0.880. The molecular formula is C28H37N5O2. The molecule has 7 heteroatoms. The lowest BCUT2D eigenvalue weighted by Gasteiger charge is -2.13. The molecule has 2 heterocycles. The maximum Gasteiger partial charge on any atom is 0.148 e. The van der Waals surface area contributed by atoms with Crippen molar-refractivity contribution in [1.29, 1.82) is 0 Å². The summed E-state index contributed by atoms with van der Waals surface area (Å²) in [6.07, 6.45) is 10.9. The van der Waals surface area contributed by atoms with Crippen LogP contribution in [0.25, 0.3) is 22.2 Å². The predicted molar refractivity (Wildman–Crippen MR) is 140 cm³/mol. The Labute approximate surface area is 207 Å². The highest BCUT2D eigenvalue weighted by atomic mass is 16.5. The molecule has 4 rings (SSSR count). The fourth-order valence-electron chi connectivity index (χ4n) is 4.89. The van der Waals surface area contributed by atoms with Crippen molar-refractivity contribution in [3.05, 3.63) is 53.9 Å². The topological polar surface area (TPSA) is 77.8 Å². The molecule has 0 saturated heterocycles. The lowest BCUT2D eigenvalue weighted by molar-refractivity contribution is 0.415. The Kier molecular flexibility index (Phi) is 8.76. The van der Waals surface area contributed by atoms with Gasteiger partial charge in [0.2, 0.25) is 0 Å². The van der Waals surface area contributed by atoms with Gasteiger partial charge in [0.25, 0.3) is 0 Å². The molecule has 0 spiro atoms. The first-order chi connectivity index (χ1) is 17.2. The monoisotopic (exact) mass is 475 g/mol. The van der Waals surface area contributed by atoms with Crippen LogP contribution >= 0.6 is 0 Å². The number of rotatable bonds is 14. The Balaban J connectivity index is 1.32. The Hall–Kier alpha value is -3.35. The number of unbranched alkanes of at least 4 members (excludes halogenated alkanes) is 7. The first kappa shape index (κ1) is 24.8. The molecule has 0 aliphatic heterocycles. The quantitative estimate of drug-likeness (QED) is 0.210. The summed E-state index contributed by atoms with van der Waals surface area (Å²) >= 11 is 0. The molecule has 0 aliphatic carbocycles. The van der Waals surface area contributed by atoms with Crippen molar-refractivity contribution in [1.82, 2.24) is 25.2 Å². The van der Waals surface area contributed by atoms with E-state index in [1.807, 2.05) is 12.1 Å². The summed E-state index contributed by atoms with van der Waals surface area (Å²) < 4.78 is 13.4. The van der Waals surface area contributed by atoms with Gasteiger partial charge >= 0.3 is 0 Å². The van der Waals surface area contributed by atoms with E-state index in [4.69, 9.17) is 9.47 Å². The van der Waals surface area contributed by atoms with Crippen LogP contribution in [0.4, 0.5) is 0 Å². The minimum absolute atomic E-state index is 0.880. The normalized spacial score (nSPS) is 11.3. The second-order valence-corrected chi connectivity index (χ2v) is 9.16. The van der Waals surface area contributed by atoms with Crippen LogP contribution in [0.1, 0.15) is 62.8 Å². The number of nitrogens with zero attached hydrogens (tertiary/aromatic N) is 4. The van der Waals surface area contributed by atoms with E-state index in [1.54, 1.807) is 14.2 Å². The van der Waals surface area contributed by atoms with Gasteiger partial charge in [-0.25, -0.2) is 5.10 Å². The van der Waals surface area contributed by atoms with Crippen molar-refractivity contribution < 1.29 is 9.47 Å². The van der Waals surface area contributed by atoms with Gasteiger partial charge in [-0.3, -0.25) is 0 Å². The maximum absolute atomic E-state index is 5.51. The number of hydrogen-bond acceptors (Lipinski definition) is 5. The summed E-state index contributed by atoms with van der Waals surface area (Å²) in [4.78, 5) is 0. The van der Waals surface area contributed by atoms with Crippen molar-refractivity contribution in [2.45, 2.75) is 71.3 Å². The van der Waals surface area contributed by atoms with Crippen LogP contribution in [0.5, 0.6) is 11.5 Å². The highest BCUT2D eigenvalue weighted by molar-refractivity contribution is 5.92. The van der Waals surface area contributed by atoms with E-state index in [0.29, 0.717) is 0 Å². The van der Waals surface area contributed by atoms with Crippen LogP contribution in [0.2, 0.25) is 0 Å². The summed E-state index contributed by atoms with van der Waals surface area (Å²) in [7, 11) is 3.44. The SMILES string of the molecule is COc1ccc(-c2c(C)c3cc(OC)ccc3n2CCCCCCCCCCc2nnn[nH]2)cc1. The van der Waals surface area contributed by atoms with Crippen LogP contribution in [0.3, 0.4) is 0 Å². The molecule has 0 bridgehead atoms. The fourth-order valence-corrected chi connectivity index (χ4v) is 4.89. The van der Waals surface area contributed by atoms with Crippen molar-refractivity contribution in [2.75, 3.05) is 14.2 Å². The van der Waals surface area contributed by atoms with E-state index in [0.717, 1.165) is 36.7 Å². The number of hydrogen-bond donors (Lipinski definition) is 1. The van der Waals surface area contributed by atoms with Crippen LogP contribution < -0.4 is 9.47 Å². The first-order valence-corrected chi connectivity index (χ1v) is 12.7. The molecule has 4 aromatic rings. The third kappa shape index (κ3) is 6.21. The molecule has 1 N–H and O–H groups in total. The number of benzene rings is 2. The number of ether oxygens (including phenoxy) is 2. The van der Waals surface area contributed by atoms with E-state index in [2.05, 4.69) is 62.4 Å². The van der Waals surface area contributed by atoms with Gasteiger partial charge in [0, 0.05) is 23.9 Å². The third-order valence-corrected chi connectivity index (χ3v) is 6.82. The standard InChI is InChI=1S/C28H37N5O2/c1-21-25-20-24(35-3)17-18-26(25)33(28(21)22-13-15-23(34-2)16-14-22)19-11-9-7-5-4-6-8-10-12-27-29-31-32-30-27/h13-18,20H,4-12,19H2,1-3H3,(H,29,30,31,32). The van der Waals surface area contributed by atoms with Gasteiger partial charge < -0.3 is 14.0 Å². The lowest BCUT2D eigenvalue weighted by atomic mass is 10.1. The summed E-state index contributed by atoms with van der Waals surface area (Å²) in [5.41, 5.74) is 5.08. The van der Waals surface area contributed by atoms with Crippen molar-refractivity contribution >= 4 is 10.9 Å². The molecule has 0 unspecified atom stereocenters. The van der Waals surface area contributed by atoms with Crippen LogP contribution in [-0.2, 0) is 13.0 Å². The fraction of sp³-hybridized carbons (Fsp3) is 0.464. The number of aryl methyl sites for hydroxylation is 3. The van der Waals surface area contributed by atoms with Crippen molar-refractivity contribution in [3.8, 4) is 22.8 Å². The molecule has 186 valence electrons. The number of fused-ring (bicyclic) bond motifs is 1. The van der Waals surface area contributed by atoms with Crippen LogP contribution in [-0.4, -0.2) is 39.4 Å². The van der Waals surface area contributed by atoms with Gasteiger partial charge in [0.05, 0.1) is 19.9 Å². The third-order valence-electron chi connectivity index (χ3n) is 6.82. The van der Waals surface area contributed by atoms with Gasteiger partial charge in [0.1, 0.15) is 17.3 Å². The van der Waals surface area contributed by atoms with Gasteiger partial charge in [0.15, 0.2) is 0 Å².